The lowest BCUT2D eigenvalue weighted by Gasteiger charge is -2.09. The minimum absolute atomic E-state index is 0.263. The molecule has 0 spiro atoms. The predicted molar refractivity (Wildman–Crippen MR) is 61.5 cm³/mol. The van der Waals surface area contributed by atoms with Gasteiger partial charge in [-0.25, -0.2) is 9.78 Å². The molecule has 0 aliphatic rings. The Bertz CT molecular complexity index is 617. The van der Waals surface area contributed by atoms with Crippen LogP contribution in [0.4, 0.5) is 0 Å². The molecule has 0 aliphatic carbocycles. The minimum atomic E-state index is -1.24. The first kappa shape index (κ1) is 11.1. The van der Waals surface area contributed by atoms with Gasteiger partial charge in [-0.15, -0.1) is 0 Å². The van der Waals surface area contributed by atoms with E-state index in [0.717, 1.165) is 0 Å². The van der Waals surface area contributed by atoms with Crippen molar-refractivity contribution in [3.8, 4) is 5.82 Å². The Morgan fingerprint density at radius 2 is 2.18 bits per heavy atom. The molecule has 0 amide bonds. The zero-order valence-electron chi connectivity index (χ0n) is 9.12. The first-order valence-corrected chi connectivity index (χ1v) is 4.97. The van der Waals surface area contributed by atoms with Gasteiger partial charge in [-0.3, -0.25) is 4.79 Å². The summed E-state index contributed by atoms with van der Waals surface area (Å²) in [4.78, 5) is 26.4. The summed E-state index contributed by atoms with van der Waals surface area (Å²) in [5, 5.41) is 8.89. The maximum absolute atomic E-state index is 11.5. The van der Waals surface area contributed by atoms with Crippen LogP contribution in [0.1, 0.15) is 16.1 Å². The Labute approximate surface area is 97.0 Å². The number of carboxylic acid groups (broad SMARTS) is 1. The highest BCUT2D eigenvalue weighted by Gasteiger charge is 2.11. The van der Waals surface area contributed by atoms with Crippen LogP contribution < -0.4 is 5.43 Å². The molecular formula is C12H10N2O3. The molecule has 0 aromatic carbocycles. The van der Waals surface area contributed by atoms with Crippen LogP contribution in [-0.2, 0) is 0 Å². The van der Waals surface area contributed by atoms with Gasteiger partial charge in [-0.1, -0.05) is 6.07 Å². The van der Waals surface area contributed by atoms with Crippen molar-refractivity contribution in [2.24, 2.45) is 0 Å². The van der Waals surface area contributed by atoms with Gasteiger partial charge in [0.2, 0.25) is 0 Å². The third-order valence-electron chi connectivity index (χ3n) is 2.37. The molecule has 2 heterocycles. The summed E-state index contributed by atoms with van der Waals surface area (Å²) in [7, 11) is 0. The van der Waals surface area contributed by atoms with Crippen LogP contribution in [0.3, 0.4) is 0 Å². The van der Waals surface area contributed by atoms with Crippen LogP contribution in [-0.4, -0.2) is 20.6 Å². The number of rotatable bonds is 2. The van der Waals surface area contributed by atoms with Gasteiger partial charge in [0.25, 0.3) is 0 Å². The Morgan fingerprint density at radius 1 is 1.41 bits per heavy atom. The summed E-state index contributed by atoms with van der Waals surface area (Å²) in [6.07, 6.45) is 2.90. The normalized spacial score (nSPS) is 10.2. The van der Waals surface area contributed by atoms with Crippen LogP contribution in [0, 0.1) is 6.92 Å². The quantitative estimate of drug-likeness (QED) is 0.842. The lowest BCUT2D eigenvalue weighted by molar-refractivity contribution is 0.0695. The fourth-order valence-electron chi connectivity index (χ4n) is 1.54. The van der Waals surface area contributed by atoms with E-state index < -0.39 is 11.4 Å². The van der Waals surface area contributed by atoms with E-state index in [2.05, 4.69) is 4.98 Å². The summed E-state index contributed by atoms with van der Waals surface area (Å²) in [5.41, 5.74) is -0.123. The van der Waals surface area contributed by atoms with Crippen molar-refractivity contribution in [1.29, 1.82) is 0 Å². The Balaban J connectivity index is 2.67. The summed E-state index contributed by atoms with van der Waals surface area (Å²) < 4.78 is 1.57. The number of nitrogens with zero attached hydrogens (tertiary/aromatic N) is 2. The van der Waals surface area contributed by atoms with E-state index in [1.54, 1.807) is 35.9 Å². The van der Waals surface area contributed by atoms with Crippen molar-refractivity contribution in [2.45, 2.75) is 6.92 Å². The van der Waals surface area contributed by atoms with Crippen LogP contribution in [0.25, 0.3) is 5.82 Å². The number of hydrogen-bond acceptors (Lipinski definition) is 3. The van der Waals surface area contributed by atoms with Crippen LogP contribution in [0.5, 0.6) is 0 Å². The highest BCUT2D eigenvalue weighted by molar-refractivity contribution is 5.87. The molecule has 0 saturated heterocycles. The third kappa shape index (κ3) is 2.08. The summed E-state index contributed by atoms with van der Waals surface area (Å²) in [6.45, 7) is 1.72. The summed E-state index contributed by atoms with van der Waals surface area (Å²) >= 11 is 0. The first-order chi connectivity index (χ1) is 8.09. The van der Waals surface area contributed by atoms with Gasteiger partial charge in [-0.2, -0.15) is 0 Å². The van der Waals surface area contributed by atoms with Gasteiger partial charge in [0.05, 0.1) is 0 Å². The van der Waals surface area contributed by atoms with E-state index in [9.17, 15) is 9.59 Å². The molecule has 0 bridgehead atoms. The average Bonchev–Trinajstić information content (AvgIpc) is 2.29. The van der Waals surface area contributed by atoms with Crippen LogP contribution in [0.2, 0.25) is 0 Å². The van der Waals surface area contributed by atoms with Crippen molar-refractivity contribution < 1.29 is 9.90 Å². The van der Waals surface area contributed by atoms with Gasteiger partial charge < -0.3 is 9.67 Å². The molecule has 5 nitrogen and oxygen atoms in total. The van der Waals surface area contributed by atoms with Gasteiger partial charge in [-0.05, 0) is 19.1 Å². The van der Waals surface area contributed by atoms with Gasteiger partial charge in [0.1, 0.15) is 11.4 Å². The molecule has 0 atom stereocenters. The Morgan fingerprint density at radius 3 is 2.76 bits per heavy atom. The molecule has 86 valence electrons. The summed E-state index contributed by atoms with van der Waals surface area (Å²) in [5.74, 6) is -0.660. The fourth-order valence-corrected chi connectivity index (χ4v) is 1.54. The molecule has 0 aliphatic heterocycles. The van der Waals surface area contributed by atoms with Crippen molar-refractivity contribution in [1.82, 2.24) is 9.55 Å². The molecule has 0 unspecified atom stereocenters. The monoisotopic (exact) mass is 230 g/mol. The first-order valence-electron chi connectivity index (χ1n) is 4.97. The molecule has 2 rings (SSSR count). The Kier molecular flexibility index (Phi) is 2.74. The molecule has 17 heavy (non-hydrogen) atoms. The zero-order valence-corrected chi connectivity index (χ0v) is 9.12. The van der Waals surface area contributed by atoms with Crippen LogP contribution >= 0.6 is 0 Å². The molecule has 0 saturated carbocycles. The molecular weight excluding hydrogens is 220 g/mol. The van der Waals surface area contributed by atoms with Gasteiger partial charge in [0, 0.05) is 24.2 Å². The number of pyridine rings is 2. The highest BCUT2D eigenvalue weighted by Crippen LogP contribution is 2.07. The molecule has 2 aromatic rings. The standard InChI is InChI=1S/C12H10N2O3/c1-8-6-10(15)9(12(16)17)7-14(8)11-4-2-3-5-13-11/h2-7H,1H3,(H,16,17). The van der Waals surface area contributed by atoms with Crippen molar-refractivity contribution >= 4 is 5.97 Å². The topological polar surface area (TPSA) is 72.2 Å². The largest absolute Gasteiger partial charge is 0.477 e. The molecule has 2 aromatic heterocycles. The zero-order chi connectivity index (χ0) is 12.4. The number of hydrogen-bond donors (Lipinski definition) is 1. The minimum Gasteiger partial charge on any atom is -0.477 e. The van der Waals surface area contributed by atoms with Crippen molar-refractivity contribution in [3.05, 3.63) is 58.1 Å². The second-order valence-corrected chi connectivity index (χ2v) is 3.56. The maximum Gasteiger partial charge on any atom is 0.341 e. The van der Waals surface area contributed by atoms with Gasteiger partial charge >= 0.3 is 5.97 Å². The SMILES string of the molecule is Cc1cc(=O)c(C(=O)O)cn1-c1ccccn1. The van der Waals surface area contributed by atoms with Gasteiger partial charge in [0.15, 0.2) is 5.43 Å². The van der Waals surface area contributed by atoms with Crippen molar-refractivity contribution in [2.75, 3.05) is 0 Å². The highest BCUT2D eigenvalue weighted by atomic mass is 16.4. The third-order valence-corrected chi connectivity index (χ3v) is 2.37. The number of aromatic carboxylic acids is 1. The van der Waals surface area contributed by atoms with E-state index >= 15 is 0 Å². The molecule has 1 N–H and O–H groups in total. The van der Waals surface area contributed by atoms with E-state index in [-0.39, 0.29) is 5.56 Å². The Hall–Kier alpha value is -2.43. The number of carbonyl (C=O) groups is 1. The second-order valence-electron chi connectivity index (χ2n) is 3.56. The number of aromatic nitrogens is 2. The molecule has 5 heteroatoms. The van der Waals surface area contributed by atoms with Crippen LogP contribution in [0.15, 0.2) is 41.5 Å². The molecule has 0 fully saturated rings. The summed E-state index contributed by atoms with van der Waals surface area (Å²) in [6, 6.07) is 6.58. The second kappa shape index (κ2) is 4.21. The lowest BCUT2D eigenvalue weighted by Crippen LogP contribution is -2.18. The predicted octanol–water partition coefficient (Wildman–Crippen LogP) is 1.24. The number of carboxylic acids is 1. The lowest BCUT2D eigenvalue weighted by atomic mass is 10.2. The van der Waals surface area contributed by atoms with Crippen molar-refractivity contribution in [3.63, 3.8) is 0 Å². The van der Waals surface area contributed by atoms with E-state index in [4.69, 9.17) is 5.11 Å². The van der Waals surface area contributed by atoms with E-state index in [0.29, 0.717) is 11.5 Å². The maximum atomic E-state index is 11.5. The average molecular weight is 230 g/mol. The molecule has 0 radical (unpaired) electrons. The fraction of sp³-hybridized carbons (Fsp3) is 0.0833. The van der Waals surface area contributed by atoms with E-state index in [1.165, 1.54) is 12.3 Å². The number of aryl methyl sites for hydroxylation is 1. The van der Waals surface area contributed by atoms with E-state index in [1.807, 2.05) is 0 Å². The smallest absolute Gasteiger partial charge is 0.341 e.